The number of nitrogens with one attached hydrogen (secondary N) is 1. The number of aryl methyl sites for hydroxylation is 1. The van der Waals surface area contributed by atoms with E-state index in [-0.39, 0.29) is 11.9 Å². The van der Waals surface area contributed by atoms with E-state index in [9.17, 15) is 9.59 Å². The van der Waals surface area contributed by atoms with Crippen molar-refractivity contribution in [2.75, 3.05) is 11.9 Å². The fourth-order valence-corrected chi connectivity index (χ4v) is 5.74. The average molecular weight is 479 g/mol. The fraction of sp³-hybridized carbons (Fsp3) is 0.333. The Bertz CT molecular complexity index is 763. The summed E-state index contributed by atoms with van der Waals surface area (Å²) >= 11 is 9.59. The minimum atomic E-state index is -0.351. The Labute approximate surface area is 158 Å². The van der Waals surface area contributed by atoms with Crippen molar-refractivity contribution < 1.29 is 14.3 Å². The smallest absolute Gasteiger partial charge is 0.341 e. The van der Waals surface area contributed by atoms with Crippen molar-refractivity contribution in [1.82, 2.24) is 0 Å². The highest BCUT2D eigenvalue weighted by Crippen LogP contribution is 2.40. The third-order valence-corrected chi connectivity index (χ3v) is 7.96. The third-order valence-electron chi connectivity index (χ3n) is 3.50. The van der Waals surface area contributed by atoms with Crippen molar-refractivity contribution >= 4 is 71.4 Å². The summed E-state index contributed by atoms with van der Waals surface area (Å²) in [4.78, 5) is 26.5. The molecule has 0 fully saturated rings. The van der Waals surface area contributed by atoms with Crippen LogP contribution in [-0.4, -0.2) is 18.5 Å². The van der Waals surface area contributed by atoms with Crippen LogP contribution >= 0.6 is 54.5 Å². The van der Waals surface area contributed by atoms with Gasteiger partial charge in [0.15, 0.2) is 0 Å². The van der Waals surface area contributed by atoms with Gasteiger partial charge in [-0.1, -0.05) is 0 Å². The van der Waals surface area contributed by atoms with Crippen molar-refractivity contribution in [3.05, 3.63) is 35.2 Å². The first kappa shape index (κ1) is 17.1. The predicted octanol–water partition coefficient (Wildman–Crippen LogP) is 5.25. The van der Waals surface area contributed by atoms with Crippen LogP contribution in [-0.2, 0) is 17.6 Å². The Kier molecular flexibility index (Phi) is 5.25. The molecular formula is C15H13Br2NO3S2. The van der Waals surface area contributed by atoms with Crippen LogP contribution in [0, 0.1) is 0 Å². The van der Waals surface area contributed by atoms with Crippen molar-refractivity contribution in [3.63, 3.8) is 0 Å². The molecule has 0 bridgehead atoms. The molecule has 0 aromatic carbocycles. The van der Waals surface area contributed by atoms with Crippen LogP contribution in [0.5, 0.6) is 0 Å². The van der Waals surface area contributed by atoms with E-state index >= 15 is 0 Å². The van der Waals surface area contributed by atoms with E-state index in [0.717, 1.165) is 33.1 Å². The van der Waals surface area contributed by atoms with Gasteiger partial charge in [-0.05, 0) is 69.7 Å². The monoisotopic (exact) mass is 477 g/mol. The number of rotatable bonds is 4. The second-order valence-corrected chi connectivity index (χ2v) is 9.30. The second-order valence-electron chi connectivity index (χ2n) is 4.97. The summed E-state index contributed by atoms with van der Waals surface area (Å²) in [5, 5.41) is 3.48. The number of anilines is 1. The molecule has 2 heterocycles. The molecule has 0 atom stereocenters. The quantitative estimate of drug-likeness (QED) is 0.610. The standard InChI is InChI=1S/C15H13Br2NO3S2/c1-2-21-15(20)11-7-4-3-5-9(7)23-14(11)18-13(19)10-6-8(16)12(17)22-10/h6H,2-5H2,1H3,(H,18,19). The van der Waals surface area contributed by atoms with Crippen LogP contribution in [0.2, 0.25) is 0 Å². The molecule has 0 saturated carbocycles. The average Bonchev–Trinajstić information content (AvgIpc) is 3.14. The lowest BCUT2D eigenvalue weighted by Crippen LogP contribution is -2.14. The topological polar surface area (TPSA) is 55.4 Å². The predicted molar refractivity (Wildman–Crippen MR) is 100.0 cm³/mol. The Balaban J connectivity index is 1.90. The van der Waals surface area contributed by atoms with E-state index in [2.05, 4.69) is 37.2 Å². The maximum atomic E-state index is 12.5. The minimum absolute atomic E-state index is 0.216. The van der Waals surface area contributed by atoms with Gasteiger partial charge in [0, 0.05) is 9.35 Å². The zero-order valence-electron chi connectivity index (χ0n) is 12.2. The molecule has 0 aliphatic heterocycles. The zero-order valence-corrected chi connectivity index (χ0v) is 17.0. The van der Waals surface area contributed by atoms with Crippen molar-refractivity contribution in [2.45, 2.75) is 26.2 Å². The highest BCUT2D eigenvalue weighted by molar-refractivity contribution is 9.13. The summed E-state index contributed by atoms with van der Waals surface area (Å²) in [5.41, 5.74) is 1.57. The van der Waals surface area contributed by atoms with Crippen LogP contribution in [0.25, 0.3) is 0 Å². The third kappa shape index (κ3) is 3.40. The van der Waals surface area contributed by atoms with Gasteiger partial charge in [-0.3, -0.25) is 4.79 Å². The highest BCUT2D eigenvalue weighted by Gasteiger charge is 2.28. The first-order valence-electron chi connectivity index (χ1n) is 7.09. The molecule has 0 spiro atoms. The molecule has 3 rings (SSSR count). The lowest BCUT2D eigenvalue weighted by atomic mass is 10.1. The molecule has 1 amide bonds. The Hall–Kier alpha value is -0.700. The number of halogens is 2. The lowest BCUT2D eigenvalue weighted by molar-refractivity contribution is 0.0527. The first-order chi connectivity index (χ1) is 11.0. The van der Waals surface area contributed by atoms with Gasteiger partial charge in [0.2, 0.25) is 0 Å². The first-order valence-corrected chi connectivity index (χ1v) is 10.3. The van der Waals surface area contributed by atoms with E-state index in [0.29, 0.717) is 22.0 Å². The van der Waals surface area contributed by atoms with Gasteiger partial charge in [0.05, 0.1) is 20.8 Å². The van der Waals surface area contributed by atoms with Crippen LogP contribution in [0.1, 0.15) is 43.8 Å². The number of carbonyl (C=O) groups is 2. The Morgan fingerprint density at radius 2 is 2.09 bits per heavy atom. The number of esters is 1. The number of thiophene rings is 2. The van der Waals surface area contributed by atoms with Gasteiger partial charge in [0.25, 0.3) is 5.91 Å². The Morgan fingerprint density at radius 3 is 2.74 bits per heavy atom. The minimum Gasteiger partial charge on any atom is -0.462 e. The van der Waals surface area contributed by atoms with Gasteiger partial charge < -0.3 is 10.1 Å². The van der Waals surface area contributed by atoms with Crippen LogP contribution in [0.3, 0.4) is 0 Å². The molecule has 23 heavy (non-hydrogen) atoms. The van der Waals surface area contributed by atoms with Crippen molar-refractivity contribution in [2.24, 2.45) is 0 Å². The summed E-state index contributed by atoms with van der Waals surface area (Å²) in [6.45, 7) is 2.10. The maximum Gasteiger partial charge on any atom is 0.341 e. The molecule has 0 unspecified atom stereocenters. The summed E-state index contributed by atoms with van der Waals surface area (Å²) < 4.78 is 6.87. The highest BCUT2D eigenvalue weighted by atomic mass is 79.9. The second kappa shape index (κ2) is 7.04. The summed E-state index contributed by atoms with van der Waals surface area (Å²) in [6.07, 6.45) is 2.87. The van der Waals surface area contributed by atoms with E-state index in [1.807, 2.05) is 0 Å². The normalized spacial score (nSPS) is 13.0. The van der Waals surface area contributed by atoms with E-state index in [4.69, 9.17) is 4.74 Å². The van der Waals surface area contributed by atoms with Crippen LogP contribution in [0.15, 0.2) is 14.3 Å². The number of fused-ring (bicyclic) bond motifs is 1. The van der Waals surface area contributed by atoms with Gasteiger partial charge in [0.1, 0.15) is 5.00 Å². The molecule has 1 aliphatic rings. The van der Waals surface area contributed by atoms with E-state index in [1.165, 1.54) is 27.6 Å². The SMILES string of the molecule is CCOC(=O)c1c(NC(=O)c2cc(Br)c(Br)s2)sc2c1CCC2. The summed E-state index contributed by atoms with van der Waals surface area (Å²) in [5.74, 6) is -0.567. The lowest BCUT2D eigenvalue weighted by Gasteiger charge is -2.07. The molecule has 0 radical (unpaired) electrons. The molecule has 1 aliphatic carbocycles. The van der Waals surface area contributed by atoms with Gasteiger partial charge in [-0.15, -0.1) is 22.7 Å². The number of ether oxygens (including phenoxy) is 1. The molecule has 122 valence electrons. The molecule has 4 nitrogen and oxygen atoms in total. The molecule has 2 aromatic heterocycles. The molecule has 1 N–H and O–H groups in total. The number of hydrogen-bond donors (Lipinski definition) is 1. The molecule has 0 saturated heterocycles. The van der Waals surface area contributed by atoms with Gasteiger partial charge in [-0.25, -0.2) is 4.79 Å². The largest absolute Gasteiger partial charge is 0.462 e. The zero-order chi connectivity index (χ0) is 16.6. The summed E-state index contributed by atoms with van der Waals surface area (Å²) in [6, 6.07) is 1.76. The van der Waals surface area contributed by atoms with Crippen LogP contribution < -0.4 is 5.32 Å². The van der Waals surface area contributed by atoms with Crippen molar-refractivity contribution in [3.8, 4) is 0 Å². The van der Waals surface area contributed by atoms with Gasteiger partial charge >= 0.3 is 5.97 Å². The fourth-order valence-electron chi connectivity index (χ4n) is 2.53. The van der Waals surface area contributed by atoms with E-state index < -0.39 is 0 Å². The van der Waals surface area contributed by atoms with Crippen molar-refractivity contribution in [1.29, 1.82) is 0 Å². The van der Waals surface area contributed by atoms with E-state index in [1.54, 1.807) is 13.0 Å². The number of hydrogen-bond acceptors (Lipinski definition) is 5. The Morgan fingerprint density at radius 1 is 1.30 bits per heavy atom. The molecule has 8 heteroatoms. The molecular weight excluding hydrogens is 466 g/mol. The molecule has 2 aromatic rings. The van der Waals surface area contributed by atoms with Gasteiger partial charge in [-0.2, -0.15) is 0 Å². The van der Waals surface area contributed by atoms with Crippen LogP contribution in [0.4, 0.5) is 5.00 Å². The number of amides is 1. The maximum absolute atomic E-state index is 12.5. The number of carbonyl (C=O) groups excluding carboxylic acids is 2. The summed E-state index contributed by atoms with van der Waals surface area (Å²) in [7, 11) is 0.